The summed E-state index contributed by atoms with van der Waals surface area (Å²) in [6, 6.07) is 12.1. The Morgan fingerprint density at radius 3 is 2.28 bits per heavy atom. The molecule has 0 aromatic heterocycles. The Labute approximate surface area is 156 Å². The molecule has 25 heavy (non-hydrogen) atoms. The van der Waals surface area contributed by atoms with Gasteiger partial charge in [0.2, 0.25) is 0 Å². The summed E-state index contributed by atoms with van der Waals surface area (Å²) >= 11 is 6.26. The van der Waals surface area contributed by atoms with Gasteiger partial charge >= 0.3 is 0 Å². The van der Waals surface area contributed by atoms with Crippen molar-refractivity contribution >= 4 is 11.6 Å². The lowest BCUT2D eigenvalue weighted by Gasteiger charge is -2.32. The number of likely N-dealkylation sites (N-methyl/N-ethyl adjacent to an activating group) is 1. The molecule has 2 aromatic carbocycles. The molecule has 2 aromatic rings. The predicted molar refractivity (Wildman–Crippen MR) is 104 cm³/mol. The molecule has 0 aliphatic heterocycles. The summed E-state index contributed by atoms with van der Waals surface area (Å²) in [6.07, 6.45) is -0.544. The van der Waals surface area contributed by atoms with E-state index in [1.54, 1.807) is 0 Å². The maximum atomic E-state index is 10.5. The van der Waals surface area contributed by atoms with E-state index in [9.17, 15) is 5.11 Å². The van der Waals surface area contributed by atoms with Crippen LogP contribution < -0.4 is 4.74 Å². The van der Waals surface area contributed by atoms with Crippen LogP contribution in [0.2, 0.25) is 5.02 Å². The first kappa shape index (κ1) is 19.8. The number of aryl methyl sites for hydroxylation is 3. The van der Waals surface area contributed by atoms with Gasteiger partial charge in [-0.25, -0.2) is 0 Å². The van der Waals surface area contributed by atoms with Gasteiger partial charge in [0.1, 0.15) is 31.5 Å². The van der Waals surface area contributed by atoms with Gasteiger partial charge in [-0.1, -0.05) is 47.5 Å². The van der Waals surface area contributed by atoms with Crippen molar-refractivity contribution in [1.29, 1.82) is 0 Å². The van der Waals surface area contributed by atoms with Crippen molar-refractivity contribution in [2.75, 3.05) is 27.2 Å². The van der Waals surface area contributed by atoms with Crippen molar-refractivity contribution in [3.8, 4) is 5.75 Å². The lowest BCUT2D eigenvalue weighted by atomic mass is 10.1. The molecule has 136 valence electrons. The minimum absolute atomic E-state index is 0.287. The molecule has 0 radical (unpaired) electrons. The second-order valence-corrected chi connectivity index (χ2v) is 7.97. The highest BCUT2D eigenvalue weighted by molar-refractivity contribution is 6.31. The number of hydrogen-bond donors (Lipinski definition) is 1. The topological polar surface area (TPSA) is 29.5 Å². The molecular weight excluding hydrogens is 334 g/mol. The molecule has 0 amide bonds. The molecule has 1 atom stereocenters. The van der Waals surface area contributed by atoms with Crippen LogP contribution in [0.4, 0.5) is 0 Å². The third kappa shape index (κ3) is 5.74. The predicted octanol–water partition coefficient (Wildman–Crippen LogP) is 4.28. The maximum Gasteiger partial charge on any atom is 0.137 e. The largest absolute Gasteiger partial charge is 0.490 e. The van der Waals surface area contributed by atoms with Crippen molar-refractivity contribution in [1.82, 2.24) is 0 Å². The van der Waals surface area contributed by atoms with Crippen LogP contribution in [0, 0.1) is 20.8 Å². The molecule has 0 saturated heterocycles. The van der Waals surface area contributed by atoms with Crippen molar-refractivity contribution in [3.05, 3.63) is 63.7 Å². The highest BCUT2D eigenvalue weighted by Gasteiger charge is 2.23. The molecule has 2 rings (SSSR count). The monoisotopic (exact) mass is 362 g/mol. The fourth-order valence-corrected chi connectivity index (χ4v) is 3.55. The molecule has 3 nitrogen and oxygen atoms in total. The Morgan fingerprint density at radius 2 is 1.68 bits per heavy atom. The Morgan fingerprint density at radius 1 is 1.08 bits per heavy atom. The third-order valence-electron chi connectivity index (χ3n) is 4.29. The highest BCUT2D eigenvalue weighted by atomic mass is 35.5. The Kier molecular flexibility index (Phi) is 6.50. The van der Waals surface area contributed by atoms with Gasteiger partial charge in [-0.05, 0) is 38.0 Å². The van der Waals surface area contributed by atoms with E-state index in [0.29, 0.717) is 11.0 Å². The molecule has 0 heterocycles. The van der Waals surface area contributed by atoms with Crippen LogP contribution >= 0.6 is 11.6 Å². The summed E-state index contributed by atoms with van der Waals surface area (Å²) in [4.78, 5) is 0. The zero-order chi connectivity index (χ0) is 18.6. The third-order valence-corrected chi connectivity index (χ3v) is 4.65. The summed E-state index contributed by atoms with van der Waals surface area (Å²) in [5.41, 5.74) is 4.52. The smallest absolute Gasteiger partial charge is 0.137 e. The second kappa shape index (κ2) is 8.22. The van der Waals surface area contributed by atoms with Crippen molar-refractivity contribution in [3.63, 3.8) is 0 Å². The van der Waals surface area contributed by atoms with Crippen LogP contribution in [0.25, 0.3) is 0 Å². The number of ether oxygens (including phenoxy) is 1. The van der Waals surface area contributed by atoms with Crippen LogP contribution in [0.15, 0.2) is 36.4 Å². The first-order chi connectivity index (χ1) is 11.7. The molecule has 1 N–H and O–H groups in total. The Hall–Kier alpha value is -1.55. The van der Waals surface area contributed by atoms with Crippen LogP contribution in [0.3, 0.4) is 0 Å². The van der Waals surface area contributed by atoms with Crippen molar-refractivity contribution in [2.24, 2.45) is 0 Å². The molecule has 0 fully saturated rings. The first-order valence-corrected chi connectivity index (χ1v) is 9.00. The van der Waals surface area contributed by atoms with Crippen LogP contribution in [-0.2, 0) is 6.54 Å². The number of hydrogen-bond acceptors (Lipinski definition) is 2. The van der Waals surface area contributed by atoms with Gasteiger partial charge in [-0.3, -0.25) is 0 Å². The minimum atomic E-state index is -0.544. The summed E-state index contributed by atoms with van der Waals surface area (Å²) in [6.45, 7) is 7.80. The van der Waals surface area contributed by atoms with E-state index in [2.05, 4.69) is 33.2 Å². The average Bonchev–Trinajstić information content (AvgIpc) is 2.47. The molecule has 0 spiro atoms. The van der Waals surface area contributed by atoms with Gasteiger partial charge in [0.05, 0.1) is 14.1 Å². The van der Waals surface area contributed by atoms with E-state index in [4.69, 9.17) is 16.3 Å². The zero-order valence-corrected chi connectivity index (χ0v) is 16.6. The molecule has 0 aliphatic rings. The SMILES string of the molecule is Cc1cc(C)c(OCC(O)C[N+](C)(C)Cc2ccccc2Cl)c(C)c1. The van der Waals surface area contributed by atoms with E-state index < -0.39 is 6.10 Å². The highest BCUT2D eigenvalue weighted by Crippen LogP contribution is 2.25. The number of quaternary nitrogens is 1. The number of benzene rings is 2. The van der Waals surface area contributed by atoms with E-state index in [0.717, 1.165) is 34.0 Å². The van der Waals surface area contributed by atoms with Crippen LogP contribution in [0.5, 0.6) is 5.75 Å². The average molecular weight is 363 g/mol. The van der Waals surface area contributed by atoms with Crippen LogP contribution in [0.1, 0.15) is 22.3 Å². The lowest BCUT2D eigenvalue weighted by molar-refractivity contribution is -0.906. The molecular formula is C21H29ClNO2+. The fourth-order valence-electron chi connectivity index (χ4n) is 3.35. The molecule has 4 heteroatoms. The quantitative estimate of drug-likeness (QED) is 0.745. The van der Waals surface area contributed by atoms with Crippen molar-refractivity contribution < 1.29 is 14.3 Å². The number of nitrogens with zero attached hydrogens (tertiary/aromatic N) is 1. The fraction of sp³-hybridized carbons (Fsp3) is 0.429. The summed E-state index contributed by atoms with van der Waals surface area (Å²) in [7, 11) is 4.18. The van der Waals surface area contributed by atoms with Gasteiger partial charge in [-0.2, -0.15) is 0 Å². The van der Waals surface area contributed by atoms with Gasteiger partial charge in [0, 0.05) is 10.6 Å². The first-order valence-electron chi connectivity index (χ1n) is 8.62. The molecule has 0 aliphatic carbocycles. The summed E-state index contributed by atoms with van der Waals surface area (Å²) in [5.74, 6) is 0.876. The zero-order valence-electron chi connectivity index (χ0n) is 15.8. The van der Waals surface area contributed by atoms with E-state index in [1.807, 2.05) is 38.1 Å². The number of aliphatic hydroxyl groups is 1. The minimum Gasteiger partial charge on any atom is -0.490 e. The molecule has 1 unspecified atom stereocenters. The van der Waals surface area contributed by atoms with E-state index >= 15 is 0 Å². The Bertz CT molecular complexity index is 705. The second-order valence-electron chi connectivity index (χ2n) is 7.56. The van der Waals surface area contributed by atoms with Gasteiger partial charge in [0.25, 0.3) is 0 Å². The number of rotatable bonds is 7. The molecule has 0 saturated carbocycles. The van der Waals surface area contributed by atoms with E-state index in [-0.39, 0.29) is 6.61 Å². The van der Waals surface area contributed by atoms with E-state index in [1.165, 1.54) is 5.56 Å². The van der Waals surface area contributed by atoms with Gasteiger partial charge < -0.3 is 14.3 Å². The summed E-state index contributed by atoms with van der Waals surface area (Å²) < 4.78 is 6.56. The normalized spacial score (nSPS) is 12.9. The van der Waals surface area contributed by atoms with Crippen molar-refractivity contribution in [2.45, 2.75) is 33.4 Å². The lowest BCUT2D eigenvalue weighted by Crippen LogP contribution is -2.46. The summed E-state index contributed by atoms with van der Waals surface area (Å²) in [5, 5.41) is 11.2. The molecule has 0 bridgehead atoms. The van der Waals surface area contributed by atoms with Gasteiger partial charge in [0.15, 0.2) is 0 Å². The maximum absolute atomic E-state index is 10.5. The van der Waals surface area contributed by atoms with Crippen LogP contribution in [-0.4, -0.2) is 42.9 Å². The Balaban J connectivity index is 1.95. The number of halogens is 1. The standard InChI is InChI=1S/C21H29ClNO2/c1-15-10-16(2)21(17(3)11-15)25-14-19(24)13-23(4,5)12-18-8-6-7-9-20(18)22/h6-11,19,24H,12-14H2,1-5H3/q+1. The van der Waals surface area contributed by atoms with Gasteiger partial charge in [-0.15, -0.1) is 0 Å². The number of aliphatic hydroxyl groups excluding tert-OH is 1.